The van der Waals surface area contributed by atoms with Crippen molar-refractivity contribution in [2.45, 2.75) is 13.5 Å². The van der Waals surface area contributed by atoms with Gasteiger partial charge in [-0.2, -0.15) is 0 Å². The summed E-state index contributed by atoms with van der Waals surface area (Å²) >= 11 is 0. The minimum Gasteiger partial charge on any atom is -0.493 e. The van der Waals surface area contributed by atoms with E-state index in [4.69, 9.17) is 20.6 Å². The zero-order valence-electron chi connectivity index (χ0n) is 9.86. The van der Waals surface area contributed by atoms with Crippen molar-refractivity contribution in [2.24, 2.45) is 0 Å². The van der Waals surface area contributed by atoms with Crippen LogP contribution >= 0.6 is 0 Å². The zero-order valence-corrected chi connectivity index (χ0v) is 9.86. The highest BCUT2D eigenvalue weighted by atomic mass is 16.5. The molecular formula is C13H14O4. The third kappa shape index (κ3) is 4.07. The Hall–Kier alpha value is -2.15. The number of ether oxygens (including phenoxy) is 3. The van der Waals surface area contributed by atoms with Crippen LogP contribution in [-0.2, 0) is 16.1 Å². The predicted molar refractivity (Wildman–Crippen MR) is 62.8 cm³/mol. The Morgan fingerprint density at radius 2 is 2.18 bits per heavy atom. The highest BCUT2D eigenvalue weighted by Gasteiger charge is 2.06. The standard InChI is InChI=1S/C13H14O4/c1-4-7-16-12-6-5-11(8-13(12)15-3)9-17-10(2)14/h1,5-6,8H,7,9H2,2-3H3. The van der Waals surface area contributed by atoms with E-state index in [1.54, 1.807) is 18.2 Å². The van der Waals surface area contributed by atoms with Crippen LogP contribution in [0.25, 0.3) is 0 Å². The van der Waals surface area contributed by atoms with Crippen molar-refractivity contribution in [3.63, 3.8) is 0 Å². The molecule has 0 radical (unpaired) electrons. The number of benzene rings is 1. The lowest BCUT2D eigenvalue weighted by atomic mass is 10.2. The van der Waals surface area contributed by atoms with E-state index in [1.165, 1.54) is 14.0 Å². The van der Waals surface area contributed by atoms with Gasteiger partial charge >= 0.3 is 5.97 Å². The average Bonchev–Trinajstić information content (AvgIpc) is 2.34. The van der Waals surface area contributed by atoms with E-state index in [2.05, 4.69) is 5.92 Å². The third-order valence-electron chi connectivity index (χ3n) is 1.98. The van der Waals surface area contributed by atoms with E-state index in [9.17, 15) is 4.79 Å². The largest absolute Gasteiger partial charge is 0.493 e. The van der Waals surface area contributed by atoms with Gasteiger partial charge < -0.3 is 14.2 Å². The quantitative estimate of drug-likeness (QED) is 0.575. The van der Waals surface area contributed by atoms with Gasteiger partial charge in [-0.1, -0.05) is 12.0 Å². The van der Waals surface area contributed by atoms with Crippen LogP contribution in [0.1, 0.15) is 12.5 Å². The fourth-order valence-electron chi connectivity index (χ4n) is 1.23. The van der Waals surface area contributed by atoms with Crippen molar-refractivity contribution in [1.82, 2.24) is 0 Å². The summed E-state index contributed by atoms with van der Waals surface area (Å²) in [6.45, 7) is 1.75. The second-order valence-corrected chi connectivity index (χ2v) is 3.26. The lowest BCUT2D eigenvalue weighted by Gasteiger charge is -2.10. The maximum Gasteiger partial charge on any atom is 0.302 e. The molecule has 1 aromatic rings. The van der Waals surface area contributed by atoms with Crippen molar-refractivity contribution in [3.05, 3.63) is 23.8 Å². The first kappa shape index (κ1) is 12.9. The molecule has 4 nitrogen and oxygen atoms in total. The van der Waals surface area contributed by atoms with E-state index in [-0.39, 0.29) is 19.2 Å². The number of hydrogen-bond donors (Lipinski definition) is 0. The molecule has 4 heteroatoms. The highest BCUT2D eigenvalue weighted by Crippen LogP contribution is 2.28. The van der Waals surface area contributed by atoms with Crippen LogP contribution in [0.3, 0.4) is 0 Å². The number of carbonyl (C=O) groups excluding carboxylic acids is 1. The van der Waals surface area contributed by atoms with Gasteiger partial charge in [0, 0.05) is 6.92 Å². The fourth-order valence-corrected chi connectivity index (χ4v) is 1.23. The Morgan fingerprint density at radius 3 is 2.76 bits per heavy atom. The first-order valence-electron chi connectivity index (χ1n) is 5.04. The summed E-state index contributed by atoms with van der Waals surface area (Å²) in [5.41, 5.74) is 0.824. The molecule has 0 amide bonds. The molecule has 90 valence electrons. The molecule has 1 rings (SSSR count). The molecule has 0 N–H and O–H groups in total. The molecule has 0 aliphatic rings. The summed E-state index contributed by atoms with van der Waals surface area (Å²) < 4.78 is 15.3. The van der Waals surface area contributed by atoms with Crippen LogP contribution < -0.4 is 9.47 Å². The molecule has 0 heterocycles. The molecule has 0 unspecified atom stereocenters. The minimum atomic E-state index is -0.323. The summed E-state index contributed by atoms with van der Waals surface area (Å²) in [5.74, 6) is 3.18. The molecule has 0 atom stereocenters. The Morgan fingerprint density at radius 1 is 1.41 bits per heavy atom. The molecule has 0 aromatic heterocycles. The van der Waals surface area contributed by atoms with Crippen molar-refractivity contribution in [2.75, 3.05) is 13.7 Å². The summed E-state index contributed by atoms with van der Waals surface area (Å²) in [5, 5.41) is 0. The summed E-state index contributed by atoms with van der Waals surface area (Å²) in [7, 11) is 1.54. The van der Waals surface area contributed by atoms with Gasteiger partial charge in [0.15, 0.2) is 11.5 Å². The minimum absolute atomic E-state index is 0.180. The molecule has 1 aromatic carbocycles. The van der Waals surface area contributed by atoms with Gasteiger partial charge in [-0.15, -0.1) is 6.42 Å². The molecule has 0 spiro atoms. The lowest BCUT2D eigenvalue weighted by Crippen LogP contribution is -2.01. The molecule has 17 heavy (non-hydrogen) atoms. The molecule has 0 fully saturated rings. The van der Waals surface area contributed by atoms with Crippen LogP contribution in [0.5, 0.6) is 11.5 Å². The van der Waals surface area contributed by atoms with Gasteiger partial charge in [-0.25, -0.2) is 0 Å². The van der Waals surface area contributed by atoms with Gasteiger partial charge in [-0.3, -0.25) is 4.79 Å². The van der Waals surface area contributed by atoms with Crippen LogP contribution in [0.4, 0.5) is 0 Å². The number of carbonyl (C=O) groups is 1. The van der Waals surface area contributed by atoms with Gasteiger partial charge in [0.05, 0.1) is 7.11 Å². The number of methoxy groups -OCH3 is 1. The maximum atomic E-state index is 10.7. The van der Waals surface area contributed by atoms with Crippen LogP contribution in [0.15, 0.2) is 18.2 Å². The second kappa shape index (κ2) is 6.44. The van der Waals surface area contributed by atoms with E-state index >= 15 is 0 Å². The van der Waals surface area contributed by atoms with Gasteiger partial charge in [0.1, 0.15) is 13.2 Å². The summed E-state index contributed by atoms with van der Waals surface area (Å²) in [6, 6.07) is 5.26. The van der Waals surface area contributed by atoms with E-state index in [0.29, 0.717) is 11.5 Å². The third-order valence-corrected chi connectivity index (χ3v) is 1.98. The maximum absolute atomic E-state index is 10.7. The normalized spacial score (nSPS) is 9.24. The Bertz CT molecular complexity index is 432. The van der Waals surface area contributed by atoms with Crippen molar-refractivity contribution >= 4 is 5.97 Å². The lowest BCUT2D eigenvalue weighted by molar-refractivity contribution is -0.142. The molecule has 0 aliphatic carbocycles. The molecule has 0 saturated carbocycles. The molecule has 0 aliphatic heterocycles. The topological polar surface area (TPSA) is 44.8 Å². The number of esters is 1. The van der Waals surface area contributed by atoms with Crippen molar-refractivity contribution < 1.29 is 19.0 Å². The first-order chi connectivity index (χ1) is 8.17. The average molecular weight is 234 g/mol. The monoisotopic (exact) mass is 234 g/mol. The summed E-state index contributed by atoms with van der Waals surface area (Å²) in [4.78, 5) is 10.7. The fraction of sp³-hybridized carbons (Fsp3) is 0.308. The van der Waals surface area contributed by atoms with Gasteiger partial charge in [0.2, 0.25) is 0 Å². The van der Waals surface area contributed by atoms with E-state index in [1.807, 2.05) is 0 Å². The molecule has 0 bridgehead atoms. The number of rotatable bonds is 5. The Balaban J connectivity index is 2.77. The molecular weight excluding hydrogens is 220 g/mol. The predicted octanol–water partition coefficient (Wildman–Crippen LogP) is 1.77. The van der Waals surface area contributed by atoms with Crippen LogP contribution in [0.2, 0.25) is 0 Å². The first-order valence-corrected chi connectivity index (χ1v) is 5.04. The van der Waals surface area contributed by atoms with Crippen molar-refractivity contribution in [1.29, 1.82) is 0 Å². The van der Waals surface area contributed by atoms with Gasteiger partial charge in [0.25, 0.3) is 0 Å². The Kier molecular flexibility index (Phi) is 4.89. The van der Waals surface area contributed by atoms with Crippen molar-refractivity contribution in [3.8, 4) is 23.8 Å². The van der Waals surface area contributed by atoms with E-state index < -0.39 is 0 Å². The van der Waals surface area contributed by atoms with Crippen LogP contribution in [-0.4, -0.2) is 19.7 Å². The van der Waals surface area contributed by atoms with Gasteiger partial charge in [-0.05, 0) is 17.7 Å². The summed E-state index contributed by atoms with van der Waals surface area (Å²) in [6.07, 6.45) is 5.11. The highest BCUT2D eigenvalue weighted by molar-refractivity contribution is 5.66. The van der Waals surface area contributed by atoms with E-state index in [0.717, 1.165) is 5.56 Å². The molecule has 0 saturated heterocycles. The SMILES string of the molecule is C#CCOc1ccc(COC(C)=O)cc1OC. The number of terminal acetylenes is 1. The second-order valence-electron chi connectivity index (χ2n) is 3.26. The smallest absolute Gasteiger partial charge is 0.302 e. The van der Waals surface area contributed by atoms with Crippen LogP contribution in [0, 0.1) is 12.3 Å². The Labute approximate surface area is 100 Å². The number of hydrogen-bond acceptors (Lipinski definition) is 4. The zero-order chi connectivity index (χ0) is 12.7.